The lowest BCUT2D eigenvalue weighted by Crippen LogP contribution is -2.18. The van der Waals surface area contributed by atoms with E-state index < -0.39 is 0 Å². The molecule has 100 valence electrons. The third kappa shape index (κ3) is 2.48. The Balaban J connectivity index is 1.92. The van der Waals surface area contributed by atoms with Crippen LogP contribution in [0.5, 0.6) is 0 Å². The predicted molar refractivity (Wildman–Crippen MR) is 82.8 cm³/mol. The molecule has 1 aromatic heterocycles. The van der Waals surface area contributed by atoms with Crippen LogP contribution in [-0.2, 0) is 6.54 Å². The van der Waals surface area contributed by atoms with Gasteiger partial charge in [0.2, 0.25) is 0 Å². The van der Waals surface area contributed by atoms with Gasteiger partial charge in [-0.25, -0.2) is 9.97 Å². The fourth-order valence-corrected chi connectivity index (χ4v) is 2.27. The summed E-state index contributed by atoms with van der Waals surface area (Å²) in [5, 5.41) is 0. The van der Waals surface area contributed by atoms with Crippen molar-refractivity contribution in [3.63, 3.8) is 0 Å². The molecule has 0 atom stereocenters. The lowest BCUT2D eigenvalue weighted by atomic mass is 10.2. The Morgan fingerprint density at radius 1 is 0.850 bits per heavy atom. The van der Waals surface area contributed by atoms with Crippen LogP contribution in [0.3, 0.4) is 0 Å². The third-order valence-electron chi connectivity index (χ3n) is 3.43. The molecule has 0 aliphatic carbocycles. The average molecular weight is 263 g/mol. The minimum absolute atomic E-state index is 0.758. The van der Waals surface area contributed by atoms with Crippen LogP contribution in [-0.4, -0.2) is 17.0 Å². The lowest BCUT2D eigenvalue weighted by molar-refractivity contribution is 0.868. The molecule has 0 unspecified atom stereocenters. The molecule has 3 nitrogen and oxygen atoms in total. The SMILES string of the molecule is Cc1nc2ccccc2nc1CN(C)c1ccccc1. The van der Waals surface area contributed by atoms with Gasteiger partial charge in [-0.1, -0.05) is 30.3 Å². The van der Waals surface area contributed by atoms with E-state index in [0.29, 0.717) is 0 Å². The summed E-state index contributed by atoms with van der Waals surface area (Å²) in [5.74, 6) is 0. The van der Waals surface area contributed by atoms with Crippen molar-refractivity contribution in [1.29, 1.82) is 0 Å². The molecule has 0 spiro atoms. The van der Waals surface area contributed by atoms with Gasteiger partial charge >= 0.3 is 0 Å². The molecule has 3 rings (SSSR count). The summed E-state index contributed by atoms with van der Waals surface area (Å²) in [4.78, 5) is 11.6. The summed E-state index contributed by atoms with van der Waals surface area (Å²) >= 11 is 0. The number of nitrogens with zero attached hydrogens (tertiary/aromatic N) is 3. The molecule has 0 saturated heterocycles. The monoisotopic (exact) mass is 263 g/mol. The first kappa shape index (κ1) is 12.6. The van der Waals surface area contributed by atoms with Gasteiger partial charge in [0.1, 0.15) is 0 Å². The van der Waals surface area contributed by atoms with Crippen LogP contribution < -0.4 is 4.90 Å². The molecule has 0 aliphatic heterocycles. The van der Waals surface area contributed by atoms with E-state index in [1.54, 1.807) is 0 Å². The quantitative estimate of drug-likeness (QED) is 0.723. The summed E-state index contributed by atoms with van der Waals surface area (Å²) in [6, 6.07) is 18.3. The molecule has 0 N–H and O–H groups in total. The zero-order valence-electron chi connectivity index (χ0n) is 11.7. The standard InChI is InChI=1S/C17H17N3/c1-13-17(12-20(2)14-8-4-3-5-9-14)19-16-11-7-6-10-15(16)18-13/h3-11H,12H2,1-2H3. The molecule has 2 aromatic carbocycles. The van der Waals surface area contributed by atoms with E-state index in [9.17, 15) is 0 Å². The van der Waals surface area contributed by atoms with Crippen LogP contribution in [0.25, 0.3) is 11.0 Å². The van der Waals surface area contributed by atoms with Crippen LogP contribution in [0.1, 0.15) is 11.4 Å². The Bertz CT molecular complexity index is 723. The maximum atomic E-state index is 4.74. The zero-order chi connectivity index (χ0) is 13.9. The van der Waals surface area contributed by atoms with Crippen LogP contribution in [0, 0.1) is 6.92 Å². The summed E-state index contributed by atoms with van der Waals surface area (Å²) in [6.45, 7) is 2.78. The first-order chi connectivity index (χ1) is 9.74. The van der Waals surface area contributed by atoms with Gasteiger partial charge in [0.05, 0.1) is 29.0 Å². The summed E-state index contributed by atoms with van der Waals surface area (Å²) in [7, 11) is 2.08. The predicted octanol–water partition coefficient (Wildman–Crippen LogP) is 3.57. The average Bonchev–Trinajstić information content (AvgIpc) is 2.49. The molecule has 0 aliphatic rings. The minimum Gasteiger partial charge on any atom is -0.369 e. The van der Waals surface area contributed by atoms with Gasteiger partial charge in [-0.3, -0.25) is 0 Å². The third-order valence-corrected chi connectivity index (χ3v) is 3.43. The fraction of sp³-hybridized carbons (Fsp3) is 0.176. The molecule has 0 radical (unpaired) electrons. The highest BCUT2D eigenvalue weighted by atomic mass is 15.1. The van der Waals surface area contributed by atoms with Crippen molar-refractivity contribution in [2.45, 2.75) is 13.5 Å². The van der Waals surface area contributed by atoms with Crippen LogP contribution >= 0.6 is 0 Å². The number of aromatic nitrogens is 2. The van der Waals surface area contributed by atoms with Crippen molar-refractivity contribution < 1.29 is 0 Å². The Labute approximate surface area is 118 Å². The number of fused-ring (bicyclic) bond motifs is 1. The fourth-order valence-electron chi connectivity index (χ4n) is 2.27. The molecular formula is C17H17N3. The number of hydrogen-bond acceptors (Lipinski definition) is 3. The highest BCUT2D eigenvalue weighted by molar-refractivity contribution is 5.74. The molecular weight excluding hydrogens is 246 g/mol. The minimum atomic E-state index is 0.758. The highest BCUT2D eigenvalue weighted by Gasteiger charge is 2.08. The van der Waals surface area contributed by atoms with Crippen LogP contribution in [0.4, 0.5) is 5.69 Å². The molecule has 0 fully saturated rings. The molecule has 0 amide bonds. The lowest BCUT2D eigenvalue weighted by Gasteiger charge is -2.19. The Hall–Kier alpha value is -2.42. The molecule has 3 aromatic rings. The van der Waals surface area contributed by atoms with E-state index in [-0.39, 0.29) is 0 Å². The van der Waals surface area contributed by atoms with Crippen molar-refractivity contribution in [2.24, 2.45) is 0 Å². The number of para-hydroxylation sites is 3. The number of rotatable bonds is 3. The summed E-state index contributed by atoms with van der Waals surface area (Å²) < 4.78 is 0. The van der Waals surface area contributed by atoms with Crippen molar-refractivity contribution in [3.8, 4) is 0 Å². The van der Waals surface area contributed by atoms with Gasteiger partial charge in [0.25, 0.3) is 0 Å². The van der Waals surface area contributed by atoms with Gasteiger partial charge < -0.3 is 4.90 Å². The first-order valence-corrected chi connectivity index (χ1v) is 6.72. The topological polar surface area (TPSA) is 29.0 Å². The highest BCUT2D eigenvalue weighted by Crippen LogP contribution is 2.17. The van der Waals surface area contributed by atoms with E-state index in [2.05, 4.69) is 29.1 Å². The molecule has 3 heteroatoms. The largest absolute Gasteiger partial charge is 0.369 e. The smallest absolute Gasteiger partial charge is 0.0891 e. The first-order valence-electron chi connectivity index (χ1n) is 6.72. The van der Waals surface area contributed by atoms with E-state index >= 15 is 0 Å². The second-order valence-electron chi connectivity index (χ2n) is 4.94. The normalized spacial score (nSPS) is 10.7. The van der Waals surface area contributed by atoms with Crippen LogP contribution in [0.2, 0.25) is 0 Å². The van der Waals surface area contributed by atoms with Gasteiger partial charge in [-0.2, -0.15) is 0 Å². The van der Waals surface area contributed by atoms with Crippen molar-refractivity contribution in [2.75, 3.05) is 11.9 Å². The molecule has 20 heavy (non-hydrogen) atoms. The maximum absolute atomic E-state index is 4.74. The summed E-state index contributed by atoms with van der Waals surface area (Å²) in [5.41, 5.74) is 5.11. The molecule has 1 heterocycles. The van der Waals surface area contributed by atoms with Crippen LogP contribution in [0.15, 0.2) is 54.6 Å². The van der Waals surface area contributed by atoms with E-state index in [4.69, 9.17) is 4.98 Å². The van der Waals surface area contributed by atoms with E-state index in [1.165, 1.54) is 5.69 Å². The van der Waals surface area contributed by atoms with Gasteiger partial charge in [-0.05, 0) is 31.2 Å². The van der Waals surface area contributed by atoms with Gasteiger partial charge in [-0.15, -0.1) is 0 Å². The summed E-state index contributed by atoms with van der Waals surface area (Å²) in [6.07, 6.45) is 0. The second kappa shape index (κ2) is 5.29. The zero-order valence-corrected chi connectivity index (χ0v) is 11.7. The maximum Gasteiger partial charge on any atom is 0.0891 e. The van der Waals surface area contributed by atoms with Gasteiger partial charge in [0.15, 0.2) is 0 Å². The number of aryl methyl sites for hydroxylation is 1. The number of hydrogen-bond donors (Lipinski definition) is 0. The van der Waals surface area contributed by atoms with E-state index in [1.807, 2.05) is 49.4 Å². The van der Waals surface area contributed by atoms with E-state index in [0.717, 1.165) is 29.0 Å². The Morgan fingerprint density at radius 2 is 1.45 bits per heavy atom. The Kier molecular flexibility index (Phi) is 3.33. The Morgan fingerprint density at radius 3 is 2.15 bits per heavy atom. The molecule has 0 saturated carbocycles. The van der Waals surface area contributed by atoms with Crippen molar-refractivity contribution in [1.82, 2.24) is 9.97 Å². The van der Waals surface area contributed by atoms with Crippen molar-refractivity contribution >= 4 is 16.7 Å². The molecule has 0 bridgehead atoms. The number of benzene rings is 2. The van der Waals surface area contributed by atoms with Gasteiger partial charge in [0, 0.05) is 12.7 Å². The number of anilines is 1. The second-order valence-corrected chi connectivity index (χ2v) is 4.94. The van der Waals surface area contributed by atoms with Crippen molar-refractivity contribution in [3.05, 3.63) is 66.0 Å².